The number of nitrogens with zero attached hydrogens (tertiary/aromatic N) is 2. The van der Waals surface area contributed by atoms with Crippen LogP contribution in [0.1, 0.15) is 55.5 Å². The number of aromatic nitrogens is 1. The van der Waals surface area contributed by atoms with Crippen LogP contribution in [-0.2, 0) is 4.74 Å². The molecule has 1 aliphatic heterocycles. The van der Waals surface area contributed by atoms with Crippen molar-refractivity contribution in [2.45, 2.75) is 58.6 Å². The molecule has 1 amide bonds. The van der Waals surface area contributed by atoms with E-state index in [1.165, 1.54) is 0 Å². The van der Waals surface area contributed by atoms with Gasteiger partial charge in [0.15, 0.2) is 5.75 Å². The molecule has 0 unspecified atom stereocenters. The van der Waals surface area contributed by atoms with Gasteiger partial charge in [0.1, 0.15) is 12.4 Å². The van der Waals surface area contributed by atoms with Crippen molar-refractivity contribution in [1.82, 2.24) is 10.3 Å². The van der Waals surface area contributed by atoms with Crippen molar-refractivity contribution in [2.75, 3.05) is 24.7 Å². The Morgan fingerprint density at radius 3 is 2.74 bits per heavy atom. The van der Waals surface area contributed by atoms with Gasteiger partial charge in [-0.2, -0.15) is 0 Å². The van der Waals surface area contributed by atoms with E-state index in [2.05, 4.69) is 35.1 Å². The first-order valence-electron chi connectivity index (χ1n) is 11.4. The second-order valence-electron chi connectivity index (χ2n) is 9.02. The molecular weight excluding hydrogens is 390 g/mol. The highest BCUT2D eigenvalue weighted by Gasteiger charge is 2.28. The molecule has 2 heterocycles. The number of pyridine rings is 1. The zero-order chi connectivity index (χ0) is 21.8. The molecule has 0 saturated heterocycles. The van der Waals surface area contributed by atoms with Crippen LogP contribution in [0.25, 0.3) is 0 Å². The summed E-state index contributed by atoms with van der Waals surface area (Å²) >= 11 is 0. The number of fused-ring (bicyclic) bond motifs is 1. The fourth-order valence-electron chi connectivity index (χ4n) is 4.25. The highest BCUT2D eigenvalue weighted by atomic mass is 16.5. The predicted octanol–water partition coefficient (Wildman–Crippen LogP) is 4.63. The summed E-state index contributed by atoms with van der Waals surface area (Å²) in [7, 11) is 0. The highest BCUT2D eigenvalue weighted by molar-refractivity contribution is 5.99. The zero-order valence-electron chi connectivity index (χ0n) is 18.8. The van der Waals surface area contributed by atoms with E-state index in [4.69, 9.17) is 9.47 Å². The summed E-state index contributed by atoms with van der Waals surface area (Å²) in [5.41, 5.74) is 2.60. The number of anilines is 2. The topological polar surface area (TPSA) is 63.7 Å². The minimum atomic E-state index is -0.0675. The average Bonchev–Trinajstić information content (AvgIpc) is 2.78. The van der Waals surface area contributed by atoms with Crippen molar-refractivity contribution < 1.29 is 14.3 Å². The first-order chi connectivity index (χ1) is 15.0. The lowest BCUT2D eigenvalue weighted by molar-refractivity contribution is 0.00858. The van der Waals surface area contributed by atoms with Gasteiger partial charge in [0.25, 0.3) is 5.91 Å². The number of aryl methyl sites for hydroxylation is 1. The quantitative estimate of drug-likeness (QED) is 0.734. The number of hydrogen-bond donors (Lipinski definition) is 1. The minimum Gasteiger partial charge on any atom is -0.489 e. The van der Waals surface area contributed by atoms with Crippen molar-refractivity contribution in [3.63, 3.8) is 0 Å². The fraction of sp³-hybridized carbons (Fsp3) is 0.520. The molecule has 1 aromatic heterocycles. The Labute approximate surface area is 185 Å². The normalized spacial score (nSPS) is 20.8. The van der Waals surface area contributed by atoms with Gasteiger partial charge in [-0.1, -0.05) is 26.0 Å². The molecule has 1 fully saturated rings. The fourth-order valence-corrected chi connectivity index (χ4v) is 4.25. The van der Waals surface area contributed by atoms with Crippen LogP contribution in [0.3, 0.4) is 0 Å². The molecule has 0 spiro atoms. The van der Waals surface area contributed by atoms with Crippen molar-refractivity contribution in [2.24, 2.45) is 5.92 Å². The minimum absolute atomic E-state index is 0.0675. The summed E-state index contributed by atoms with van der Waals surface area (Å²) in [5.74, 6) is 1.99. The smallest absolute Gasteiger partial charge is 0.255 e. The molecule has 4 rings (SSSR count). The largest absolute Gasteiger partial charge is 0.489 e. The van der Waals surface area contributed by atoms with Gasteiger partial charge in [-0.15, -0.1) is 0 Å². The summed E-state index contributed by atoms with van der Waals surface area (Å²) in [6, 6.07) is 9.99. The van der Waals surface area contributed by atoms with Crippen molar-refractivity contribution in [1.29, 1.82) is 0 Å². The Morgan fingerprint density at radius 2 is 2.03 bits per heavy atom. The molecule has 0 bridgehead atoms. The summed E-state index contributed by atoms with van der Waals surface area (Å²) in [6.07, 6.45) is 6.07. The number of carbonyl (C=O) groups is 1. The third-order valence-electron chi connectivity index (χ3n) is 5.94. The van der Waals surface area contributed by atoms with Gasteiger partial charge in [-0.3, -0.25) is 4.79 Å². The molecule has 1 N–H and O–H groups in total. The molecule has 1 saturated carbocycles. The summed E-state index contributed by atoms with van der Waals surface area (Å²) < 4.78 is 11.9. The van der Waals surface area contributed by atoms with Crippen LogP contribution in [0.5, 0.6) is 5.75 Å². The summed E-state index contributed by atoms with van der Waals surface area (Å²) in [4.78, 5) is 19.8. The second kappa shape index (κ2) is 9.69. The summed E-state index contributed by atoms with van der Waals surface area (Å²) in [5, 5.41) is 3.22. The van der Waals surface area contributed by atoms with E-state index >= 15 is 0 Å². The molecule has 31 heavy (non-hydrogen) atoms. The third-order valence-corrected chi connectivity index (χ3v) is 5.94. The maximum Gasteiger partial charge on any atom is 0.255 e. The van der Waals surface area contributed by atoms with Crippen LogP contribution >= 0.6 is 0 Å². The Balaban J connectivity index is 1.43. The number of amides is 1. The molecule has 2 aliphatic rings. The lowest BCUT2D eigenvalue weighted by atomic mass is 9.92. The number of rotatable bonds is 6. The van der Waals surface area contributed by atoms with Gasteiger partial charge in [0.2, 0.25) is 0 Å². The molecule has 0 radical (unpaired) electrons. The Hall–Kier alpha value is -2.60. The lowest BCUT2D eigenvalue weighted by Crippen LogP contribution is -2.40. The molecular formula is C25H33N3O3. The average molecular weight is 424 g/mol. The maximum atomic E-state index is 13.1. The molecule has 1 aliphatic carbocycles. The van der Waals surface area contributed by atoms with Gasteiger partial charge in [0, 0.05) is 18.8 Å². The van der Waals surface area contributed by atoms with Crippen LogP contribution in [-0.4, -0.2) is 42.8 Å². The standard InChI is InChI=1S/C25H33N3O3/c1-17(2)16-31-20-10-8-19(9-11-20)27-25(29)21-5-4-6-22-24(21)30-14-13-28(22)23-12-7-18(3)15-26-23/h4-7,12,15,17,19-20H,8-11,13-14,16H2,1-3H3,(H,27,29)/t19-,20-. The number of carbonyl (C=O) groups excluding carboxylic acids is 1. The second-order valence-corrected chi connectivity index (χ2v) is 9.02. The predicted molar refractivity (Wildman–Crippen MR) is 122 cm³/mol. The van der Waals surface area contributed by atoms with E-state index in [0.29, 0.717) is 36.5 Å². The zero-order valence-corrected chi connectivity index (χ0v) is 18.8. The summed E-state index contributed by atoms with van der Waals surface area (Å²) in [6.45, 7) is 8.40. The van der Waals surface area contributed by atoms with Gasteiger partial charge in [-0.25, -0.2) is 4.98 Å². The molecule has 1 aromatic carbocycles. The van der Waals surface area contributed by atoms with Crippen LogP contribution in [0.15, 0.2) is 36.5 Å². The van der Waals surface area contributed by atoms with Gasteiger partial charge in [-0.05, 0) is 62.3 Å². The Morgan fingerprint density at radius 1 is 1.23 bits per heavy atom. The van der Waals surface area contributed by atoms with Crippen molar-refractivity contribution >= 4 is 17.4 Å². The first kappa shape index (κ1) is 21.6. The molecule has 166 valence electrons. The lowest BCUT2D eigenvalue weighted by Gasteiger charge is -2.32. The number of nitrogens with one attached hydrogen (secondary N) is 1. The first-order valence-corrected chi connectivity index (χ1v) is 11.4. The van der Waals surface area contributed by atoms with E-state index in [-0.39, 0.29) is 11.9 Å². The van der Waals surface area contributed by atoms with E-state index in [9.17, 15) is 4.79 Å². The van der Waals surface area contributed by atoms with E-state index in [0.717, 1.165) is 49.4 Å². The monoisotopic (exact) mass is 423 g/mol. The van der Waals surface area contributed by atoms with E-state index in [1.54, 1.807) is 0 Å². The number of hydrogen-bond acceptors (Lipinski definition) is 5. The van der Waals surface area contributed by atoms with Crippen LogP contribution in [0.2, 0.25) is 0 Å². The number of benzene rings is 1. The van der Waals surface area contributed by atoms with Crippen LogP contribution in [0, 0.1) is 12.8 Å². The van der Waals surface area contributed by atoms with Crippen LogP contribution in [0.4, 0.5) is 11.5 Å². The van der Waals surface area contributed by atoms with E-state index < -0.39 is 0 Å². The van der Waals surface area contributed by atoms with Gasteiger partial charge >= 0.3 is 0 Å². The molecule has 6 nitrogen and oxygen atoms in total. The van der Waals surface area contributed by atoms with Gasteiger partial charge in [0.05, 0.1) is 23.9 Å². The molecule has 6 heteroatoms. The van der Waals surface area contributed by atoms with Crippen molar-refractivity contribution in [3.8, 4) is 5.75 Å². The molecule has 2 aromatic rings. The maximum absolute atomic E-state index is 13.1. The highest BCUT2D eigenvalue weighted by Crippen LogP contribution is 2.38. The Kier molecular flexibility index (Phi) is 6.76. The third kappa shape index (κ3) is 5.18. The van der Waals surface area contributed by atoms with E-state index in [1.807, 2.05) is 37.4 Å². The SMILES string of the molecule is Cc1ccc(N2CCOc3c(C(=O)N[C@H]4CC[C@H](OCC(C)C)CC4)cccc32)nc1. The van der Waals surface area contributed by atoms with Gasteiger partial charge < -0.3 is 19.7 Å². The van der Waals surface area contributed by atoms with Crippen molar-refractivity contribution in [3.05, 3.63) is 47.7 Å². The number of para-hydroxylation sites is 1. The number of ether oxygens (including phenoxy) is 2. The molecule has 0 atom stereocenters. The Bertz CT molecular complexity index is 889. The van der Waals surface area contributed by atoms with Crippen LogP contribution < -0.4 is 15.0 Å².